The van der Waals surface area contributed by atoms with Crippen molar-refractivity contribution in [3.05, 3.63) is 57.3 Å². The highest BCUT2D eigenvalue weighted by molar-refractivity contribution is 14.1. The number of hydrogen-bond acceptors (Lipinski definition) is 4. The molecule has 0 atom stereocenters. The van der Waals surface area contributed by atoms with Crippen LogP contribution in [0.15, 0.2) is 53.7 Å². The predicted octanol–water partition coefficient (Wildman–Crippen LogP) is 2.68. The largest absolute Gasteiger partial charge is 0.316 e. The van der Waals surface area contributed by atoms with Crippen LogP contribution < -0.4 is 0 Å². The highest BCUT2D eigenvalue weighted by atomic mass is 127. The molecule has 22 heavy (non-hydrogen) atoms. The second kappa shape index (κ2) is 5.32. The van der Waals surface area contributed by atoms with E-state index in [-0.39, 0.29) is 15.5 Å². The molecular weight excluding hydrogens is 421 g/mol. The van der Waals surface area contributed by atoms with Crippen molar-refractivity contribution >= 4 is 49.3 Å². The molecule has 0 aliphatic heterocycles. The molecule has 1 aromatic carbocycles. The molecule has 7 nitrogen and oxygen atoms in total. The van der Waals surface area contributed by atoms with Gasteiger partial charge in [0.2, 0.25) is 0 Å². The molecule has 3 rings (SSSR count). The molecule has 0 amide bonds. The maximum Gasteiger partial charge on any atom is 0.316 e. The lowest BCUT2D eigenvalue weighted by molar-refractivity contribution is -0.729. The first kappa shape index (κ1) is 14.9. The van der Waals surface area contributed by atoms with E-state index in [1.54, 1.807) is 12.1 Å². The molecule has 0 fully saturated rings. The molecule has 0 aliphatic carbocycles. The summed E-state index contributed by atoms with van der Waals surface area (Å²) in [5.41, 5.74) is 0.285. The predicted molar refractivity (Wildman–Crippen MR) is 86.5 cm³/mol. The lowest BCUT2D eigenvalue weighted by Crippen LogP contribution is -2.12. The number of pyridine rings is 1. The molecule has 2 aromatic heterocycles. The second-order valence-corrected chi connectivity index (χ2v) is 7.40. The molecule has 2 heterocycles. The van der Waals surface area contributed by atoms with Crippen LogP contribution in [0.4, 0.5) is 5.69 Å². The topological polar surface area (TPSA) is 92.3 Å². The minimum absolute atomic E-state index is 0.00273. The minimum atomic E-state index is -3.84. The fourth-order valence-corrected chi connectivity index (χ4v) is 4.25. The standard InChI is InChI=1S/C13H9IN3O4S/c14-12-8-16(13-11(12)2-1-7-15-13)22(20,21)10-5-3-9(4-6-10)17(18)19/h1-8H,(H,18,19)/q+1. The average Bonchev–Trinajstić information content (AvgIpc) is 2.86. The Morgan fingerprint density at radius 1 is 1.18 bits per heavy atom. The Morgan fingerprint density at radius 3 is 2.50 bits per heavy atom. The van der Waals surface area contributed by atoms with E-state index in [0.717, 1.165) is 12.9 Å². The van der Waals surface area contributed by atoms with E-state index in [1.807, 2.05) is 22.6 Å². The fourth-order valence-electron chi connectivity index (χ4n) is 2.04. The summed E-state index contributed by atoms with van der Waals surface area (Å²) in [6.07, 6.45) is 3.02. The van der Waals surface area contributed by atoms with Gasteiger partial charge < -0.3 is 0 Å². The van der Waals surface area contributed by atoms with Gasteiger partial charge in [-0.05, 0) is 46.9 Å². The Balaban J connectivity index is 2.18. The first-order chi connectivity index (χ1) is 10.4. The van der Waals surface area contributed by atoms with Crippen LogP contribution in [0.25, 0.3) is 11.0 Å². The molecule has 0 aliphatic rings. The van der Waals surface area contributed by atoms with Crippen LogP contribution in [0.2, 0.25) is 0 Å². The van der Waals surface area contributed by atoms with Gasteiger partial charge in [0, 0.05) is 33.5 Å². The summed E-state index contributed by atoms with van der Waals surface area (Å²) in [6, 6.07) is 8.50. The van der Waals surface area contributed by atoms with Crippen molar-refractivity contribution in [3.8, 4) is 0 Å². The van der Waals surface area contributed by atoms with Crippen LogP contribution in [0.1, 0.15) is 0 Å². The molecule has 0 spiro atoms. The van der Waals surface area contributed by atoms with Gasteiger partial charge in [-0.15, -0.1) is 0 Å². The Bertz CT molecular complexity index is 980. The quantitative estimate of drug-likeness (QED) is 0.510. The number of hydrogen-bond donors (Lipinski definition) is 1. The number of rotatable bonds is 3. The summed E-state index contributed by atoms with van der Waals surface area (Å²) in [5, 5.41) is 9.53. The zero-order chi connectivity index (χ0) is 15.9. The number of nitrogens with zero attached hydrogens (tertiary/aromatic N) is 3. The third-order valence-corrected chi connectivity index (χ3v) is 5.62. The summed E-state index contributed by atoms with van der Waals surface area (Å²) >= 11 is 2.05. The van der Waals surface area contributed by atoms with Crippen LogP contribution >= 0.6 is 22.6 Å². The highest BCUT2D eigenvalue weighted by Crippen LogP contribution is 2.26. The van der Waals surface area contributed by atoms with Gasteiger partial charge in [0.05, 0.1) is 9.80 Å². The van der Waals surface area contributed by atoms with E-state index >= 15 is 0 Å². The molecular formula is C13H9IN3O4S+. The van der Waals surface area contributed by atoms with E-state index in [1.165, 1.54) is 36.7 Å². The van der Waals surface area contributed by atoms with Crippen molar-refractivity contribution in [2.24, 2.45) is 0 Å². The van der Waals surface area contributed by atoms with Gasteiger partial charge >= 0.3 is 5.69 Å². The Labute approximate surface area is 138 Å². The van der Waals surface area contributed by atoms with Crippen molar-refractivity contribution in [2.45, 2.75) is 4.90 Å². The van der Waals surface area contributed by atoms with E-state index in [0.29, 0.717) is 5.65 Å². The number of fused-ring (bicyclic) bond motifs is 1. The van der Waals surface area contributed by atoms with E-state index in [9.17, 15) is 13.3 Å². The number of halogens is 1. The minimum Gasteiger partial charge on any atom is -0.241 e. The Morgan fingerprint density at radius 2 is 1.86 bits per heavy atom. The van der Waals surface area contributed by atoms with Gasteiger partial charge in [0.15, 0.2) is 5.65 Å². The summed E-state index contributed by atoms with van der Waals surface area (Å²) in [7, 11) is -3.84. The molecule has 0 radical (unpaired) electrons. The van der Waals surface area contributed by atoms with Crippen LogP contribution in [0.5, 0.6) is 0 Å². The van der Waals surface area contributed by atoms with Gasteiger partial charge in [0.25, 0.3) is 14.9 Å². The summed E-state index contributed by atoms with van der Waals surface area (Å²) in [4.78, 5) is 14.6. The van der Waals surface area contributed by atoms with Crippen molar-refractivity contribution in [1.82, 2.24) is 8.96 Å². The summed E-state index contributed by atoms with van der Waals surface area (Å²) in [6.45, 7) is 0. The zero-order valence-corrected chi connectivity index (χ0v) is 13.9. The molecule has 0 saturated heterocycles. The lowest BCUT2D eigenvalue weighted by Gasteiger charge is -2.06. The van der Waals surface area contributed by atoms with Crippen molar-refractivity contribution in [3.63, 3.8) is 0 Å². The van der Waals surface area contributed by atoms with Gasteiger partial charge in [-0.2, -0.15) is 0 Å². The van der Waals surface area contributed by atoms with E-state index in [4.69, 9.17) is 5.21 Å². The van der Waals surface area contributed by atoms with E-state index < -0.39 is 10.0 Å². The first-order valence-electron chi connectivity index (χ1n) is 6.04. The summed E-state index contributed by atoms with van der Waals surface area (Å²) < 4.78 is 27.3. The molecule has 1 N–H and O–H groups in total. The Hall–Kier alpha value is -2.01. The molecule has 112 valence electrons. The van der Waals surface area contributed by atoms with Gasteiger partial charge in [-0.1, -0.05) is 0 Å². The average molecular weight is 430 g/mol. The maximum absolute atomic E-state index is 12.7. The SMILES string of the molecule is O=[N+](O)c1ccc(S(=O)(=O)n2cc(I)c3cccnc32)cc1. The monoisotopic (exact) mass is 430 g/mol. The van der Waals surface area contributed by atoms with Crippen LogP contribution in [-0.2, 0) is 10.0 Å². The normalized spacial score (nSPS) is 11.7. The maximum atomic E-state index is 12.7. The third-order valence-electron chi connectivity index (χ3n) is 3.10. The van der Waals surface area contributed by atoms with E-state index in [2.05, 4.69) is 4.98 Å². The van der Waals surface area contributed by atoms with Crippen molar-refractivity contribution in [2.75, 3.05) is 0 Å². The Kier molecular flexibility index (Phi) is 3.60. The van der Waals surface area contributed by atoms with Crippen molar-refractivity contribution in [1.29, 1.82) is 0 Å². The molecule has 0 saturated carbocycles. The van der Waals surface area contributed by atoms with Gasteiger partial charge in [-0.3, -0.25) is 0 Å². The molecule has 3 aromatic rings. The number of aromatic nitrogens is 2. The van der Waals surface area contributed by atoms with Gasteiger partial charge in [-0.25, -0.2) is 22.6 Å². The van der Waals surface area contributed by atoms with Crippen LogP contribution in [0, 0.1) is 8.48 Å². The van der Waals surface area contributed by atoms with Crippen molar-refractivity contribution < 1.29 is 18.5 Å². The first-order valence-corrected chi connectivity index (χ1v) is 8.56. The van der Waals surface area contributed by atoms with Crippen LogP contribution in [0.3, 0.4) is 0 Å². The number of benzene rings is 1. The second-order valence-electron chi connectivity index (χ2n) is 4.42. The molecule has 0 unspecified atom stereocenters. The fraction of sp³-hybridized carbons (Fsp3) is 0. The lowest BCUT2D eigenvalue weighted by atomic mass is 10.3. The molecule has 9 heteroatoms. The van der Waals surface area contributed by atoms with Gasteiger partial charge in [0.1, 0.15) is 0 Å². The highest BCUT2D eigenvalue weighted by Gasteiger charge is 2.22. The third kappa shape index (κ3) is 2.35. The summed E-state index contributed by atoms with van der Waals surface area (Å²) in [5.74, 6) is 0. The molecule has 0 bridgehead atoms. The zero-order valence-electron chi connectivity index (χ0n) is 10.9. The van der Waals surface area contributed by atoms with Crippen LogP contribution in [-0.4, -0.2) is 27.5 Å². The smallest absolute Gasteiger partial charge is 0.241 e.